The molecule has 0 saturated carbocycles. The summed E-state index contributed by atoms with van der Waals surface area (Å²) in [7, 11) is 0. The molecule has 4 aromatic rings. The van der Waals surface area contributed by atoms with Gasteiger partial charge in [0.1, 0.15) is 11.6 Å². The number of unbranched alkanes of at least 4 members (excludes halogenated alkanes) is 1. The second-order valence-corrected chi connectivity index (χ2v) is 8.91. The van der Waals surface area contributed by atoms with Gasteiger partial charge in [0.15, 0.2) is 11.5 Å². The zero-order valence-electron chi connectivity index (χ0n) is 20.0. The van der Waals surface area contributed by atoms with E-state index in [4.69, 9.17) is 14.5 Å². The van der Waals surface area contributed by atoms with Gasteiger partial charge in [-0.05, 0) is 41.8 Å². The van der Waals surface area contributed by atoms with E-state index in [9.17, 15) is 4.39 Å². The smallest absolute Gasteiger partial charge is 0.231 e. The summed E-state index contributed by atoms with van der Waals surface area (Å²) in [6.45, 7) is 5.36. The number of fused-ring (bicyclic) bond motifs is 1. The van der Waals surface area contributed by atoms with Crippen molar-refractivity contribution in [3.05, 3.63) is 102 Å². The lowest BCUT2D eigenvalue weighted by Gasteiger charge is -2.24. The van der Waals surface area contributed by atoms with Crippen molar-refractivity contribution in [2.75, 3.05) is 6.79 Å². The first-order valence-corrected chi connectivity index (χ1v) is 12.1. The summed E-state index contributed by atoms with van der Waals surface area (Å²) in [6, 6.07) is 23.2. The Labute approximate surface area is 205 Å². The van der Waals surface area contributed by atoms with Crippen molar-refractivity contribution in [1.29, 1.82) is 0 Å². The largest absolute Gasteiger partial charge is 0.454 e. The third-order valence-corrected chi connectivity index (χ3v) is 6.23. The highest BCUT2D eigenvalue weighted by Gasteiger charge is 2.18. The molecule has 0 spiro atoms. The molecule has 0 atom stereocenters. The van der Waals surface area contributed by atoms with Crippen LogP contribution in [0.3, 0.4) is 0 Å². The SMILES string of the molecule is CCCCn1c(CN(Cc2cccc(F)c2)Cc2ccc3c(c2)OCO3)cnc1-c1ccccc1. The number of hydrogen-bond donors (Lipinski definition) is 0. The first-order valence-electron chi connectivity index (χ1n) is 12.1. The highest BCUT2D eigenvalue weighted by molar-refractivity contribution is 5.56. The number of halogens is 1. The molecule has 1 aliphatic rings. The van der Waals surface area contributed by atoms with Crippen LogP contribution < -0.4 is 9.47 Å². The van der Waals surface area contributed by atoms with Crippen molar-refractivity contribution in [2.24, 2.45) is 0 Å². The summed E-state index contributed by atoms with van der Waals surface area (Å²) >= 11 is 0. The van der Waals surface area contributed by atoms with E-state index in [1.165, 1.54) is 6.07 Å². The Morgan fingerprint density at radius 2 is 1.69 bits per heavy atom. The zero-order chi connectivity index (χ0) is 24.0. The van der Waals surface area contributed by atoms with E-state index in [1.807, 2.05) is 42.6 Å². The summed E-state index contributed by atoms with van der Waals surface area (Å²) in [5.41, 5.74) is 4.32. The fourth-order valence-corrected chi connectivity index (χ4v) is 4.51. The van der Waals surface area contributed by atoms with Crippen LogP contribution in [0.15, 0.2) is 79.0 Å². The van der Waals surface area contributed by atoms with Crippen LogP contribution in [0.2, 0.25) is 0 Å². The highest BCUT2D eigenvalue weighted by Crippen LogP contribution is 2.33. The Balaban J connectivity index is 1.45. The summed E-state index contributed by atoms with van der Waals surface area (Å²) in [5.74, 6) is 2.32. The third-order valence-electron chi connectivity index (χ3n) is 6.23. The van der Waals surface area contributed by atoms with Gasteiger partial charge in [0, 0.05) is 31.7 Å². The Morgan fingerprint density at radius 1 is 0.886 bits per heavy atom. The van der Waals surface area contributed by atoms with E-state index < -0.39 is 0 Å². The predicted octanol–water partition coefficient (Wildman–Crippen LogP) is 6.42. The topological polar surface area (TPSA) is 39.5 Å². The molecule has 180 valence electrons. The Bertz CT molecular complexity index is 1270. The van der Waals surface area contributed by atoms with E-state index in [0.717, 1.165) is 59.1 Å². The standard InChI is InChI=1S/C29H30FN3O2/c1-2-3-14-33-26(17-31-29(33)24-9-5-4-6-10-24)20-32(18-22-8-7-11-25(30)15-22)19-23-12-13-27-28(16-23)35-21-34-27/h4-13,15-17H,2-3,14,18-21H2,1H3. The van der Waals surface area contributed by atoms with Crippen molar-refractivity contribution in [3.8, 4) is 22.9 Å². The lowest BCUT2D eigenvalue weighted by atomic mass is 10.1. The van der Waals surface area contributed by atoms with E-state index in [1.54, 1.807) is 12.1 Å². The maximum atomic E-state index is 14.0. The number of hydrogen-bond acceptors (Lipinski definition) is 4. The molecule has 3 aromatic carbocycles. The fraction of sp³-hybridized carbons (Fsp3) is 0.276. The normalized spacial score (nSPS) is 12.4. The Morgan fingerprint density at radius 3 is 2.49 bits per heavy atom. The van der Waals surface area contributed by atoms with E-state index in [2.05, 4.69) is 34.6 Å². The number of imidazole rings is 1. The Kier molecular flexibility index (Phi) is 7.09. The molecule has 0 N–H and O–H groups in total. The highest BCUT2D eigenvalue weighted by atomic mass is 19.1. The van der Waals surface area contributed by atoms with Crippen molar-refractivity contribution >= 4 is 0 Å². The molecule has 5 nitrogen and oxygen atoms in total. The minimum atomic E-state index is -0.218. The molecule has 0 aliphatic carbocycles. The maximum absolute atomic E-state index is 14.0. The fourth-order valence-electron chi connectivity index (χ4n) is 4.51. The summed E-state index contributed by atoms with van der Waals surface area (Å²) < 4.78 is 27.3. The summed E-state index contributed by atoms with van der Waals surface area (Å²) in [6.07, 6.45) is 4.17. The minimum Gasteiger partial charge on any atom is -0.454 e. The average molecular weight is 472 g/mol. The second-order valence-electron chi connectivity index (χ2n) is 8.91. The molecule has 35 heavy (non-hydrogen) atoms. The average Bonchev–Trinajstić information content (AvgIpc) is 3.50. The summed E-state index contributed by atoms with van der Waals surface area (Å²) in [4.78, 5) is 7.13. The van der Waals surface area contributed by atoms with E-state index in [0.29, 0.717) is 19.6 Å². The van der Waals surface area contributed by atoms with E-state index in [-0.39, 0.29) is 12.6 Å². The van der Waals surface area contributed by atoms with Gasteiger partial charge in [-0.1, -0.05) is 61.9 Å². The molecular weight excluding hydrogens is 441 g/mol. The molecule has 6 heteroatoms. The maximum Gasteiger partial charge on any atom is 0.231 e. The van der Waals surface area contributed by atoms with Crippen molar-refractivity contribution in [2.45, 2.75) is 45.9 Å². The van der Waals surface area contributed by atoms with Crippen LogP contribution in [-0.4, -0.2) is 21.2 Å². The van der Waals surface area contributed by atoms with Crippen LogP contribution in [0.1, 0.15) is 36.6 Å². The first-order chi connectivity index (χ1) is 17.2. The molecule has 1 aliphatic heterocycles. The van der Waals surface area contributed by atoms with Gasteiger partial charge < -0.3 is 14.0 Å². The van der Waals surface area contributed by atoms with Crippen molar-refractivity contribution < 1.29 is 13.9 Å². The Hall–Kier alpha value is -3.64. The van der Waals surface area contributed by atoms with Gasteiger partial charge in [-0.15, -0.1) is 0 Å². The number of benzene rings is 3. The predicted molar refractivity (Wildman–Crippen MR) is 134 cm³/mol. The van der Waals surface area contributed by atoms with Gasteiger partial charge in [0.25, 0.3) is 0 Å². The number of nitrogens with zero attached hydrogens (tertiary/aromatic N) is 3. The first kappa shape index (κ1) is 23.1. The monoisotopic (exact) mass is 471 g/mol. The molecule has 0 fully saturated rings. The second kappa shape index (κ2) is 10.7. The molecule has 0 unspecified atom stereocenters. The lowest BCUT2D eigenvalue weighted by molar-refractivity contribution is 0.174. The molecule has 0 radical (unpaired) electrons. The van der Waals surface area contributed by atoms with Crippen LogP contribution in [0, 0.1) is 5.82 Å². The number of aromatic nitrogens is 2. The minimum absolute atomic E-state index is 0.218. The van der Waals surface area contributed by atoms with Gasteiger partial charge in [-0.3, -0.25) is 4.90 Å². The van der Waals surface area contributed by atoms with Gasteiger partial charge in [-0.2, -0.15) is 0 Å². The van der Waals surface area contributed by atoms with Gasteiger partial charge in [-0.25, -0.2) is 9.37 Å². The number of ether oxygens (including phenoxy) is 2. The van der Waals surface area contributed by atoms with Gasteiger partial charge in [0.05, 0.1) is 11.9 Å². The third kappa shape index (κ3) is 5.54. The van der Waals surface area contributed by atoms with Crippen LogP contribution >= 0.6 is 0 Å². The zero-order valence-corrected chi connectivity index (χ0v) is 20.0. The number of rotatable bonds is 10. The van der Waals surface area contributed by atoms with Crippen LogP contribution in [0.25, 0.3) is 11.4 Å². The molecular formula is C29H30FN3O2. The molecule has 0 bridgehead atoms. The van der Waals surface area contributed by atoms with E-state index >= 15 is 0 Å². The van der Waals surface area contributed by atoms with Crippen LogP contribution in [0.4, 0.5) is 4.39 Å². The lowest BCUT2D eigenvalue weighted by Crippen LogP contribution is -2.24. The molecule has 0 saturated heterocycles. The van der Waals surface area contributed by atoms with Gasteiger partial charge in [0.2, 0.25) is 6.79 Å². The molecule has 0 amide bonds. The van der Waals surface area contributed by atoms with Crippen molar-refractivity contribution in [1.82, 2.24) is 14.5 Å². The van der Waals surface area contributed by atoms with Crippen LogP contribution in [0.5, 0.6) is 11.5 Å². The molecule has 5 rings (SSSR count). The van der Waals surface area contributed by atoms with Gasteiger partial charge >= 0.3 is 0 Å². The quantitative estimate of drug-likeness (QED) is 0.268. The molecule has 1 aromatic heterocycles. The van der Waals surface area contributed by atoms with Crippen LogP contribution in [-0.2, 0) is 26.2 Å². The summed E-state index contributed by atoms with van der Waals surface area (Å²) in [5, 5.41) is 0. The molecule has 2 heterocycles. The van der Waals surface area contributed by atoms with Crippen molar-refractivity contribution in [3.63, 3.8) is 0 Å².